The van der Waals surface area contributed by atoms with E-state index < -0.39 is 0 Å². The highest BCUT2D eigenvalue weighted by Gasteiger charge is 2.30. The molecule has 1 atom stereocenters. The standard InChI is InChI=1S/C12H17N5O2S/c1-8(11-14-10(16-19-11)9-3-4-9)20-12-15-13-7-17(12)5-6-18-2/h7-9H,3-6H2,1-2H3/t8-/m1/s1. The van der Waals surface area contributed by atoms with Gasteiger partial charge in [0.25, 0.3) is 0 Å². The third-order valence-corrected chi connectivity index (χ3v) is 4.23. The molecule has 0 aromatic carbocycles. The lowest BCUT2D eigenvalue weighted by Crippen LogP contribution is -2.05. The van der Waals surface area contributed by atoms with E-state index in [1.165, 1.54) is 12.8 Å². The van der Waals surface area contributed by atoms with Crippen molar-refractivity contribution in [3.8, 4) is 0 Å². The van der Waals surface area contributed by atoms with Gasteiger partial charge in [-0.15, -0.1) is 10.2 Å². The molecule has 0 spiro atoms. The molecule has 1 saturated carbocycles. The summed E-state index contributed by atoms with van der Waals surface area (Å²) in [5.74, 6) is 2.00. The van der Waals surface area contributed by atoms with Crippen molar-refractivity contribution in [2.75, 3.05) is 13.7 Å². The quantitative estimate of drug-likeness (QED) is 0.723. The Morgan fingerprint density at radius 1 is 1.55 bits per heavy atom. The molecular formula is C12H17N5O2S. The smallest absolute Gasteiger partial charge is 0.239 e. The Morgan fingerprint density at radius 3 is 3.15 bits per heavy atom. The lowest BCUT2D eigenvalue weighted by molar-refractivity contribution is 0.184. The van der Waals surface area contributed by atoms with Crippen molar-refractivity contribution in [3.05, 3.63) is 18.0 Å². The van der Waals surface area contributed by atoms with Crippen LogP contribution in [0.2, 0.25) is 0 Å². The van der Waals surface area contributed by atoms with Crippen LogP contribution in [0.1, 0.15) is 42.6 Å². The zero-order valence-corrected chi connectivity index (χ0v) is 12.3. The summed E-state index contributed by atoms with van der Waals surface area (Å²) in [4.78, 5) is 4.46. The number of hydrogen-bond donors (Lipinski definition) is 0. The second-order valence-electron chi connectivity index (χ2n) is 4.82. The number of aromatic nitrogens is 5. The van der Waals surface area contributed by atoms with E-state index in [-0.39, 0.29) is 5.25 Å². The van der Waals surface area contributed by atoms with Crippen LogP contribution < -0.4 is 0 Å². The molecule has 0 saturated heterocycles. The van der Waals surface area contributed by atoms with Crippen LogP contribution in [-0.4, -0.2) is 38.6 Å². The Labute approximate surface area is 121 Å². The minimum Gasteiger partial charge on any atom is -0.383 e. The topological polar surface area (TPSA) is 78.9 Å². The number of nitrogens with zero attached hydrogens (tertiary/aromatic N) is 5. The molecule has 0 unspecified atom stereocenters. The van der Waals surface area contributed by atoms with Crippen molar-refractivity contribution in [2.24, 2.45) is 0 Å². The molecule has 2 aromatic heterocycles. The first-order chi connectivity index (χ1) is 9.78. The summed E-state index contributed by atoms with van der Waals surface area (Å²) in [6, 6.07) is 0. The molecule has 1 aliphatic rings. The van der Waals surface area contributed by atoms with Gasteiger partial charge in [0.2, 0.25) is 5.89 Å². The van der Waals surface area contributed by atoms with Gasteiger partial charge in [-0.1, -0.05) is 16.9 Å². The van der Waals surface area contributed by atoms with Crippen molar-refractivity contribution in [1.29, 1.82) is 0 Å². The van der Waals surface area contributed by atoms with Crippen LogP contribution in [0.15, 0.2) is 16.0 Å². The Morgan fingerprint density at radius 2 is 2.40 bits per heavy atom. The van der Waals surface area contributed by atoms with Gasteiger partial charge in [-0.3, -0.25) is 0 Å². The molecule has 1 fully saturated rings. The maximum atomic E-state index is 5.33. The molecule has 0 aliphatic heterocycles. The van der Waals surface area contributed by atoms with Crippen LogP contribution >= 0.6 is 11.8 Å². The molecule has 2 aromatic rings. The van der Waals surface area contributed by atoms with Gasteiger partial charge in [-0.25, -0.2) is 0 Å². The average Bonchev–Trinajstić information content (AvgIpc) is 3.01. The third kappa shape index (κ3) is 3.01. The lowest BCUT2D eigenvalue weighted by atomic mass is 10.4. The van der Waals surface area contributed by atoms with E-state index in [2.05, 4.69) is 20.3 Å². The van der Waals surface area contributed by atoms with Crippen LogP contribution in [0.4, 0.5) is 0 Å². The Hall–Kier alpha value is -1.41. The number of methoxy groups -OCH3 is 1. The Balaban J connectivity index is 1.65. The molecule has 0 bridgehead atoms. The number of thioether (sulfide) groups is 1. The van der Waals surface area contributed by atoms with Crippen molar-refractivity contribution in [2.45, 2.75) is 42.6 Å². The monoisotopic (exact) mass is 295 g/mol. The zero-order valence-electron chi connectivity index (χ0n) is 11.5. The highest BCUT2D eigenvalue weighted by atomic mass is 32.2. The summed E-state index contributed by atoms with van der Waals surface area (Å²) >= 11 is 1.56. The zero-order chi connectivity index (χ0) is 13.9. The van der Waals surface area contributed by atoms with Crippen LogP contribution in [-0.2, 0) is 11.3 Å². The van der Waals surface area contributed by atoms with Crippen molar-refractivity contribution in [1.82, 2.24) is 24.9 Å². The fourth-order valence-corrected chi connectivity index (χ4v) is 2.69. The third-order valence-electron chi connectivity index (χ3n) is 3.15. The molecule has 8 heteroatoms. The number of hydrogen-bond acceptors (Lipinski definition) is 7. The summed E-state index contributed by atoms with van der Waals surface area (Å²) in [6.45, 7) is 3.40. The first-order valence-corrected chi connectivity index (χ1v) is 7.52. The molecule has 3 rings (SSSR count). The van der Waals surface area contributed by atoms with Crippen LogP contribution in [0.3, 0.4) is 0 Å². The average molecular weight is 295 g/mol. The van der Waals surface area contributed by atoms with Gasteiger partial charge in [0.05, 0.1) is 11.9 Å². The SMILES string of the molecule is COCCn1cnnc1S[C@H](C)c1nc(C2CC2)no1. The van der Waals surface area contributed by atoms with Crippen LogP contribution in [0.5, 0.6) is 0 Å². The van der Waals surface area contributed by atoms with Crippen molar-refractivity contribution >= 4 is 11.8 Å². The minimum absolute atomic E-state index is 0.0560. The maximum absolute atomic E-state index is 5.33. The maximum Gasteiger partial charge on any atom is 0.239 e. The fraction of sp³-hybridized carbons (Fsp3) is 0.667. The van der Waals surface area contributed by atoms with E-state index >= 15 is 0 Å². The molecule has 0 radical (unpaired) electrons. The summed E-state index contributed by atoms with van der Waals surface area (Å²) in [5.41, 5.74) is 0. The summed E-state index contributed by atoms with van der Waals surface area (Å²) in [7, 11) is 1.68. The van der Waals surface area contributed by atoms with Gasteiger partial charge >= 0.3 is 0 Å². The van der Waals surface area contributed by atoms with E-state index in [1.807, 2.05) is 11.5 Å². The van der Waals surface area contributed by atoms with Gasteiger partial charge in [0.15, 0.2) is 11.0 Å². The van der Waals surface area contributed by atoms with E-state index in [9.17, 15) is 0 Å². The van der Waals surface area contributed by atoms with Gasteiger partial charge in [0, 0.05) is 19.6 Å². The van der Waals surface area contributed by atoms with Crippen molar-refractivity contribution < 1.29 is 9.26 Å². The highest BCUT2D eigenvalue weighted by Crippen LogP contribution is 2.40. The van der Waals surface area contributed by atoms with Gasteiger partial charge in [0.1, 0.15) is 6.33 Å². The predicted molar refractivity (Wildman–Crippen MR) is 72.4 cm³/mol. The molecule has 20 heavy (non-hydrogen) atoms. The molecule has 0 N–H and O–H groups in total. The predicted octanol–water partition coefficient (Wildman–Crippen LogP) is 2.04. The van der Waals surface area contributed by atoms with Crippen LogP contribution in [0, 0.1) is 0 Å². The van der Waals surface area contributed by atoms with Gasteiger partial charge in [-0.05, 0) is 19.8 Å². The summed E-state index contributed by atoms with van der Waals surface area (Å²) < 4.78 is 12.4. The molecular weight excluding hydrogens is 278 g/mol. The Bertz CT molecular complexity index is 566. The number of ether oxygens (including phenoxy) is 1. The molecule has 2 heterocycles. The van der Waals surface area contributed by atoms with E-state index in [4.69, 9.17) is 9.26 Å². The van der Waals surface area contributed by atoms with E-state index in [1.54, 1.807) is 25.2 Å². The summed E-state index contributed by atoms with van der Waals surface area (Å²) in [5, 5.41) is 13.0. The molecule has 1 aliphatic carbocycles. The lowest BCUT2D eigenvalue weighted by Gasteiger charge is -2.07. The van der Waals surface area contributed by atoms with Gasteiger partial charge in [-0.2, -0.15) is 4.98 Å². The molecule has 108 valence electrons. The Kier molecular flexibility index (Phi) is 4.02. The minimum atomic E-state index is 0.0560. The molecule has 7 nitrogen and oxygen atoms in total. The number of rotatable bonds is 7. The first-order valence-electron chi connectivity index (χ1n) is 6.65. The molecule has 0 amide bonds. The van der Waals surface area contributed by atoms with Gasteiger partial charge < -0.3 is 13.8 Å². The highest BCUT2D eigenvalue weighted by molar-refractivity contribution is 7.99. The van der Waals surface area contributed by atoms with Crippen LogP contribution in [0.25, 0.3) is 0 Å². The normalized spacial score (nSPS) is 16.5. The second kappa shape index (κ2) is 5.92. The van der Waals surface area contributed by atoms with E-state index in [0.29, 0.717) is 18.4 Å². The fourth-order valence-electron chi connectivity index (χ4n) is 1.81. The largest absolute Gasteiger partial charge is 0.383 e. The van der Waals surface area contributed by atoms with Crippen molar-refractivity contribution in [3.63, 3.8) is 0 Å². The summed E-state index contributed by atoms with van der Waals surface area (Å²) in [6.07, 6.45) is 4.05. The van der Waals surface area contributed by atoms with E-state index in [0.717, 1.165) is 17.5 Å². The second-order valence-corrected chi connectivity index (χ2v) is 6.13. The first kappa shape index (κ1) is 13.6.